The molecule has 0 saturated carbocycles. The van der Waals surface area contributed by atoms with E-state index in [4.69, 9.17) is 11.6 Å². The van der Waals surface area contributed by atoms with Crippen LogP contribution in [-0.4, -0.2) is 54.9 Å². The maximum absolute atomic E-state index is 11.7. The third-order valence-electron chi connectivity index (χ3n) is 2.58. The third kappa shape index (κ3) is 3.09. The largest absolute Gasteiger partial charge is 0.340 e. The lowest BCUT2D eigenvalue weighted by Crippen LogP contribution is -2.51. The fraction of sp³-hybridized carbons (Fsp3) is 0.889. The van der Waals surface area contributed by atoms with Gasteiger partial charge in [0.2, 0.25) is 15.9 Å². The molecule has 0 unspecified atom stereocenters. The Balaban J connectivity index is 2.55. The Kier molecular flexibility index (Phi) is 4.58. The third-order valence-corrected chi connectivity index (χ3v) is 4.83. The van der Waals surface area contributed by atoms with Gasteiger partial charge in [-0.05, 0) is 0 Å². The molecule has 1 amide bonds. The monoisotopic (exact) mass is 268 g/mol. The van der Waals surface area contributed by atoms with Gasteiger partial charge in [-0.15, -0.1) is 11.6 Å². The van der Waals surface area contributed by atoms with E-state index < -0.39 is 15.2 Å². The van der Waals surface area contributed by atoms with Crippen molar-refractivity contribution in [2.45, 2.75) is 13.8 Å². The quantitative estimate of drug-likeness (QED) is 0.693. The van der Waals surface area contributed by atoms with Crippen LogP contribution in [0, 0.1) is 5.92 Å². The van der Waals surface area contributed by atoms with E-state index in [0.29, 0.717) is 26.2 Å². The number of halogens is 1. The van der Waals surface area contributed by atoms with Crippen LogP contribution in [0.4, 0.5) is 0 Å². The maximum Gasteiger partial charge on any atom is 0.228 e. The van der Waals surface area contributed by atoms with Gasteiger partial charge in [0, 0.05) is 32.1 Å². The molecule has 0 aromatic carbocycles. The zero-order chi connectivity index (χ0) is 12.3. The van der Waals surface area contributed by atoms with E-state index in [1.54, 1.807) is 4.90 Å². The second kappa shape index (κ2) is 5.33. The molecule has 1 aliphatic rings. The molecule has 0 radical (unpaired) electrons. The molecule has 16 heavy (non-hydrogen) atoms. The van der Waals surface area contributed by atoms with E-state index in [9.17, 15) is 13.2 Å². The van der Waals surface area contributed by atoms with Crippen molar-refractivity contribution in [1.29, 1.82) is 0 Å². The zero-order valence-corrected chi connectivity index (χ0v) is 11.1. The Morgan fingerprint density at radius 2 is 1.75 bits per heavy atom. The first kappa shape index (κ1) is 13.7. The van der Waals surface area contributed by atoms with Gasteiger partial charge in [-0.2, -0.15) is 4.31 Å². The smallest absolute Gasteiger partial charge is 0.228 e. The molecule has 94 valence electrons. The van der Waals surface area contributed by atoms with E-state index in [-0.39, 0.29) is 11.8 Å². The molecular formula is C9H17ClN2O3S. The lowest BCUT2D eigenvalue weighted by Gasteiger charge is -2.34. The van der Waals surface area contributed by atoms with E-state index in [1.165, 1.54) is 4.31 Å². The fourth-order valence-electron chi connectivity index (χ4n) is 1.62. The fourth-order valence-corrected chi connectivity index (χ4v) is 2.89. The summed E-state index contributed by atoms with van der Waals surface area (Å²) in [5, 5.41) is -0.398. The molecule has 0 aliphatic carbocycles. The van der Waals surface area contributed by atoms with Crippen LogP contribution in [-0.2, 0) is 14.8 Å². The minimum atomic E-state index is -3.33. The lowest BCUT2D eigenvalue weighted by molar-refractivity contribution is -0.135. The Morgan fingerprint density at radius 1 is 1.25 bits per heavy atom. The van der Waals surface area contributed by atoms with Gasteiger partial charge in [0.1, 0.15) is 5.21 Å². The number of rotatable bonds is 3. The van der Waals surface area contributed by atoms with Gasteiger partial charge in [0.05, 0.1) is 0 Å². The molecule has 1 rings (SSSR count). The van der Waals surface area contributed by atoms with Gasteiger partial charge >= 0.3 is 0 Å². The van der Waals surface area contributed by atoms with Crippen LogP contribution in [0.2, 0.25) is 0 Å². The Bertz CT molecular complexity index is 348. The number of amides is 1. The first-order chi connectivity index (χ1) is 7.38. The SMILES string of the molecule is CC(C)C(=O)N1CCN(S(=O)(=O)CCl)CC1. The van der Waals surface area contributed by atoms with Crippen LogP contribution in [0.3, 0.4) is 0 Å². The van der Waals surface area contributed by atoms with Crippen LogP contribution in [0.5, 0.6) is 0 Å². The molecule has 0 N–H and O–H groups in total. The summed E-state index contributed by atoms with van der Waals surface area (Å²) in [6.07, 6.45) is 0. The molecule has 0 bridgehead atoms. The molecule has 0 aromatic heterocycles. The number of hydrogen-bond acceptors (Lipinski definition) is 3. The molecular weight excluding hydrogens is 252 g/mol. The van der Waals surface area contributed by atoms with Gasteiger partial charge in [0.15, 0.2) is 0 Å². The highest BCUT2D eigenvalue weighted by molar-refractivity contribution is 7.90. The minimum Gasteiger partial charge on any atom is -0.340 e. The average Bonchev–Trinajstić information content (AvgIpc) is 2.28. The Morgan fingerprint density at radius 3 is 2.12 bits per heavy atom. The topological polar surface area (TPSA) is 57.7 Å². The summed E-state index contributed by atoms with van der Waals surface area (Å²) >= 11 is 5.37. The molecule has 0 atom stereocenters. The van der Waals surface area contributed by atoms with Gasteiger partial charge in [0.25, 0.3) is 0 Å². The standard InChI is InChI=1S/C9H17ClN2O3S/c1-8(2)9(13)11-3-5-12(6-4-11)16(14,15)7-10/h8H,3-7H2,1-2H3. The number of hydrogen-bond donors (Lipinski definition) is 0. The van der Waals surface area contributed by atoms with Gasteiger partial charge < -0.3 is 4.90 Å². The molecule has 0 spiro atoms. The number of nitrogens with zero attached hydrogens (tertiary/aromatic N) is 2. The lowest BCUT2D eigenvalue weighted by atomic mass is 10.2. The second-order valence-corrected chi connectivity index (χ2v) is 6.65. The Labute approximate surface area is 101 Å². The molecule has 5 nitrogen and oxygen atoms in total. The normalized spacial score (nSPS) is 19.1. The average molecular weight is 269 g/mol. The van der Waals surface area contributed by atoms with Crippen LogP contribution < -0.4 is 0 Å². The van der Waals surface area contributed by atoms with Gasteiger partial charge in [-0.1, -0.05) is 13.8 Å². The summed E-state index contributed by atoms with van der Waals surface area (Å²) in [6, 6.07) is 0. The summed E-state index contributed by atoms with van der Waals surface area (Å²) in [5.41, 5.74) is 0. The highest BCUT2D eigenvalue weighted by Gasteiger charge is 2.28. The molecule has 1 heterocycles. The van der Waals surface area contributed by atoms with E-state index >= 15 is 0 Å². The van der Waals surface area contributed by atoms with Crippen molar-refractivity contribution < 1.29 is 13.2 Å². The van der Waals surface area contributed by atoms with Crippen molar-refractivity contribution in [1.82, 2.24) is 9.21 Å². The number of carbonyl (C=O) groups excluding carboxylic acids is 1. The van der Waals surface area contributed by atoms with Crippen LogP contribution in [0.15, 0.2) is 0 Å². The van der Waals surface area contributed by atoms with E-state index in [0.717, 1.165) is 0 Å². The molecule has 0 aromatic rings. The predicted molar refractivity (Wildman–Crippen MR) is 62.6 cm³/mol. The molecule has 1 aliphatic heterocycles. The van der Waals surface area contributed by atoms with Gasteiger partial charge in [-0.25, -0.2) is 8.42 Å². The minimum absolute atomic E-state index is 0.0452. The summed E-state index contributed by atoms with van der Waals surface area (Å²) < 4.78 is 24.2. The van der Waals surface area contributed by atoms with Crippen molar-refractivity contribution in [3.8, 4) is 0 Å². The molecule has 7 heteroatoms. The predicted octanol–water partition coefficient (Wildman–Crippen LogP) is 0.313. The first-order valence-corrected chi connectivity index (χ1v) is 7.35. The maximum atomic E-state index is 11.7. The van der Waals surface area contributed by atoms with Crippen LogP contribution >= 0.6 is 11.6 Å². The zero-order valence-electron chi connectivity index (χ0n) is 9.52. The van der Waals surface area contributed by atoms with Crippen LogP contribution in [0.1, 0.15) is 13.8 Å². The van der Waals surface area contributed by atoms with Crippen molar-refractivity contribution >= 4 is 27.5 Å². The Hall–Kier alpha value is -0.330. The van der Waals surface area contributed by atoms with Gasteiger partial charge in [-0.3, -0.25) is 4.79 Å². The highest BCUT2D eigenvalue weighted by atomic mass is 35.5. The number of piperazine rings is 1. The number of sulfonamides is 1. The van der Waals surface area contributed by atoms with Crippen LogP contribution in [0.25, 0.3) is 0 Å². The summed E-state index contributed by atoms with van der Waals surface area (Å²) in [7, 11) is -3.33. The van der Waals surface area contributed by atoms with E-state index in [1.807, 2.05) is 13.8 Å². The number of carbonyl (C=O) groups is 1. The van der Waals surface area contributed by atoms with Crippen molar-refractivity contribution in [3.63, 3.8) is 0 Å². The second-order valence-electron chi connectivity index (χ2n) is 4.10. The van der Waals surface area contributed by atoms with E-state index in [2.05, 4.69) is 0 Å². The highest BCUT2D eigenvalue weighted by Crippen LogP contribution is 2.11. The first-order valence-electron chi connectivity index (χ1n) is 5.21. The van der Waals surface area contributed by atoms with Crippen molar-refractivity contribution in [2.24, 2.45) is 5.92 Å². The summed E-state index contributed by atoms with van der Waals surface area (Å²) in [4.78, 5) is 13.4. The van der Waals surface area contributed by atoms with Crippen molar-refractivity contribution in [2.75, 3.05) is 31.4 Å². The molecule has 1 fully saturated rings. The summed E-state index contributed by atoms with van der Waals surface area (Å²) in [5.74, 6) is 0.0269. The summed E-state index contributed by atoms with van der Waals surface area (Å²) in [6.45, 7) is 5.26. The molecule has 1 saturated heterocycles. The van der Waals surface area contributed by atoms with Crippen molar-refractivity contribution in [3.05, 3.63) is 0 Å². The number of alkyl halides is 1.